The Balaban J connectivity index is 1.73. The van der Waals surface area contributed by atoms with Crippen LogP contribution in [-0.4, -0.2) is 34.6 Å². The summed E-state index contributed by atoms with van der Waals surface area (Å²) in [7, 11) is 0. The quantitative estimate of drug-likeness (QED) is 0.833. The molecule has 1 atom stereocenters. The highest BCUT2D eigenvalue weighted by molar-refractivity contribution is 6.38. The molecule has 1 heterocycles. The van der Waals surface area contributed by atoms with Gasteiger partial charge in [0.1, 0.15) is 11.9 Å². The number of nitrogens with zero attached hydrogens (tertiary/aromatic N) is 1. The van der Waals surface area contributed by atoms with E-state index in [9.17, 15) is 18.8 Å². The molecule has 1 unspecified atom stereocenters. The number of Topliss-reactive ketones (excluding diaryl/α,β-unsaturated/α-hetero) is 1. The number of carbonyl (C=O) groups excluding carboxylic acids is 3. The van der Waals surface area contributed by atoms with Gasteiger partial charge in [-0.15, -0.1) is 0 Å². The van der Waals surface area contributed by atoms with Crippen LogP contribution in [0.2, 0.25) is 5.02 Å². The Labute approximate surface area is 137 Å². The smallest absolute Gasteiger partial charge is 0.289 e. The molecule has 23 heavy (non-hydrogen) atoms. The molecule has 1 aromatic rings. The van der Waals surface area contributed by atoms with Crippen LogP contribution in [0.25, 0.3) is 0 Å². The number of nitrogens with one attached hydrogen (secondary N) is 1. The Morgan fingerprint density at radius 2 is 2.04 bits per heavy atom. The molecule has 1 saturated carbocycles. The van der Waals surface area contributed by atoms with Crippen LogP contribution in [0.5, 0.6) is 0 Å². The van der Waals surface area contributed by atoms with Crippen LogP contribution in [0.3, 0.4) is 0 Å². The van der Waals surface area contributed by atoms with Crippen LogP contribution in [0, 0.1) is 5.82 Å². The number of benzene rings is 1. The van der Waals surface area contributed by atoms with Gasteiger partial charge in [-0.1, -0.05) is 17.7 Å². The maximum Gasteiger partial charge on any atom is 0.289 e. The average Bonchev–Trinajstić information content (AvgIpc) is 3.24. The fourth-order valence-electron chi connectivity index (χ4n) is 2.67. The number of carbonyl (C=O) groups is 3. The summed E-state index contributed by atoms with van der Waals surface area (Å²) < 4.78 is 13.9. The fraction of sp³-hybridized carbons (Fsp3) is 0.438. The normalized spacial score (nSPS) is 20.7. The first-order valence-corrected chi connectivity index (χ1v) is 7.91. The van der Waals surface area contributed by atoms with Crippen molar-refractivity contribution in [1.29, 1.82) is 0 Å². The molecule has 0 bridgehead atoms. The van der Waals surface area contributed by atoms with E-state index in [-0.39, 0.29) is 41.9 Å². The molecule has 0 radical (unpaired) electrons. The zero-order chi connectivity index (χ0) is 16.6. The van der Waals surface area contributed by atoms with Gasteiger partial charge in [0.05, 0.1) is 0 Å². The second kappa shape index (κ2) is 6.28. The Hall–Kier alpha value is -1.95. The Morgan fingerprint density at radius 1 is 1.30 bits per heavy atom. The van der Waals surface area contributed by atoms with Crippen LogP contribution in [0.1, 0.15) is 31.2 Å². The molecule has 2 aliphatic rings. The van der Waals surface area contributed by atoms with Crippen molar-refractivity contribution in [2.75, 3.05) is 0 Å². The van der Waals surface area contributed by atoms with Crippen LogP contribution in [0.15, 0.2) is 18.2 Å². The fourth-order valence-corrected chi connectivity index (χ4v) is 2.83. The van der Waals surface area contributed by atoms with Crippen molar-refractivity contribution in [1.82, 2.24) is 10.2 Å². The predicted octanol–water partition coefficient (Wildman–Crippen LogP) is 1.82. The van der Waals surface area contributed by atoms with Crippen LogP contribution in [-0.2, 0) is 20.9 Å². The lowest BCUT2D eigenvalue weighted by Crippen LogP contribution is -2.46. The number of rotatable bonds is 5. The van der Waals surface area contributed by atoms with Crippen molar-refractivity contribution in [2.45, 2.75) is 44.3 Å². The molecule has 1 aliphatic heterocycles. The molecule has 3 rings (SSSR count). The van der Waals surface area contributed by atoms with Crippen molar-refractivity contribution in [3.8, 4) is 0 Å². The number of hydrogen-bond donors (Lipinski definition) is 1. The minimum atomic E-state index is -0.823. The van der Waals surface area contributed by atoms with Crippen molar-refractivity contribution in [3.63, 3.8) is 0 Å². The SMILES string of the molecule is O=C(NC1CC1)C(=O)C1CCC(=O)N1Cc1ccc(Cl)cc1F. The lowest BCUT2D eigenvalue weighted by Gasteiger charge is -2.23. The summed E-state index contributed by atoms with van der Waals surface area (Å²) in [4.78, 5) is 37.5. The lowest BCUT2D eigenvalue weighted by atomic mass is 10.1. The second-order valence-electron chi connectivity index (χ2n) is 5.92. The van der Waals surface area contributed by atoms with Gasteiger partial charge in [0.2, 0.25) is 11.7 Å². The van der Waals surface area contributed by atoms with Crippen LogP contribution < -0.4 is 5.32 Å². The van der Waals surface area contributed by atoms with Gasteiger partial charge in [0.25, 0.3) is 5.91 Å². The van der Waals surface area contributed by atoms with E-state index in [0.29, 0.717) is 0 Å². The van der Waals surface area contributed by atoms with Gasteiger partial charge in [0.15, 0.2) is 0 Å². The summed E-state index contributed by atoms with van der Waals surface area (Å²) in [5.74, 6) is -2.08. The van der Waals surface area contributed by atoms with E-state index in [0.717, 1.165) is 18.9 Å². The molecule has 2 fully saturated rings. The molecule has 7 heteroatoms. The van der Waals surface area contributed by atoms with Gasteiger partial charge >= 0.3 is 0 Å². The van der Waals surface area contributed by atoms with Gasteiger partial charge in [-0.2, -0.15) is 0 Å². The Morgan fingerprint density at radius 3 is 2.70 bits per heavy atom. The molecule has 1 N–H and O–H groups in total. The molecule has 1 aliphatic carbocycles. The van der Waals surface area contributed by atoms with Crippen molar-refractivity contribution in [3.05, 3.63) is 34.6 Å². The first kappa shape index (κ1) is 15.9. The Bertz CT molecular complexity index is 675. The second-order valence-corrected chi connectivity index (χ2v) is 6.36. The molecule has 5 nitrogen and oxygen atoms in total. The molecule has 0 aromatic heterocycles. The minimum absolute atomic E-state index is 0.0467. The highest BCUT2D eigenvalue weighted by Crippen LogP contribution is 2.25. The van der Waals surface area contributed by atoms with Crippen LogP contribution >= 0.6 is 11.6 Å². The monoisotopic (exact) mass is 338 g/mol. The van der Waals surface area contributed by atoms with Gasteiger partial charge in [0, 0.05) is 29.6 Å². The first-order valence-electron chi connectivity index (χ1n) is 7.54. The summed E-state index contributed by atoms with van der Waals surface area (Å²) in [6.07, 6.45) is 2.22. The zero-order valence-electron chi connectivity index (χ0n) is 12.4. The highest BCUT2D eigenvalue weighted by atomic mass is 35.5. The van der Waals surface area contributed by atoms with Crippen molar-refractivity contribution in [2.24, 2.45) is 0 Å². The summed E-state index contributed by atoms with van der Waals surface area (Å²) in [6, 6.07) is 3.42. The van der Waals surface area contributed by atoms with E-state index >= 15 is 0 Å². The summed E-state index contributed by atoms with van der Waals surface area (Å²) >= 11 is 5.71. The van der Waals surface area contributed by atoms with Gasteiger partial charge in [-0.05, 0) is 31.4 Å². The number of amides is 2. The summed E-state index contributed by atoms with van der Waals surface area (Å²) in [6.45, 7) is -0.0467. The molecular formula is C16H16ClFN2O3. The summed E-state index contributed by atoms with van der Waals surface area (Å²) in [5, 5.41) is 2.89. The van der Waals surface area contributed by atoms with Gasteiger partial charge < -0.3 is 10.2 Å². The number of hydrogen-bond acceptors (Lipinski definition) is 3. The lowest BCUT2D eigenvalue weighted by molar-refractivity contribution is -0.143. The number of likely N-dealkylation sites (tertiary alicyclic amines) is 1. The standard InChI is InChI=1S/C16H16ClFN2O3/c17-10-2-1-9(12(18)7-10)8-20-13(5-6-14(20)21)15(22)16(23)19-11-3-4-11/h1-2,7,11,13H,3-6,8H2,(H,19,23). The molecule has 1 aromatic carbocycles. The van der Waals surface area contributed by atoms with E-state index in [4.69, 9.17) is 11.6 Å². The molecule has 1 saturated heterocycles. The zero-order valence-corrected chi connectivity index (χ0v) is 13.1. The van der Waals surface area contributed by atoms with E-state index in [2.05, 4.69) is 5.32 Å². The molecule has 122 valence electrons. The third kappa shape index (κ3) is 3.52. The predicted molar refractivity (Wildman–Crippen MR) is 81.2 cm³/mol. The van der Waals surface area contributed by atoms with Crippen molar-refractivity contribution >= 4 is 29.2 Å². The summed E-state index contributed by atoms with van der Waals surface area (Å²) in [5.41, 5.74) is 0.269. The van der Waals surface area contributed by atoms with Crippen LogP contribution in [0.4, 0.5) is 4.39 Å². The number of ketones is 1. The molecular weight excluding hydrogens is 323 g/mol. The van der Waals surface area contributed by atoms with Gasteiger partial charge in [-0.3, -0.25) is 14.4 Å². The number of halogens is 2. The average molecular weight is 339 g/mol. The van der Waals surface area contributed by atoms with Crippen molar-refractivity contribution < 1.29 is 18.8 Å². The maximum atomic E-state index is 13.9. The minimum Gasteiger partial charge on any atom is -0.347 e. The van der Waals surface area contributed by atoms with E-state index in [1.54, 1.807) is 0 Å². The topological polar surface area (TPSA) is 66.5 Å². The largest absolute Gasteiger partial charge is 0.347 e. The third-order valence-corrected chi connectivity index (χ3v) is 4.36. The molecule has 2 amide bonds. The first-order chi connectivity index (χ1) is 11.0. The van der Waals surface area contributed by atoms with E-state index < -0.39 is 23.5 Å². The Kier molecular flexibility index (Phi) is 4.35. The van der Waals surface area contributed by atoms with E-state index in [1.165, 1.54) is 17.0 Å². The molecule has 0 spiro atoms. The third-order valence-electron chi connectivity index (χ3n) is 4.12. The van der Waals surface area contributed by atoms with E-state index in [1.807, 2.05) is 0 Å². The van der Waals surface area contributed by atoms with Gasteiger partial charge in [-0.25, -0.2) is 4.39 Å². The highest BCUT2D eigenvalue weighted by Gasteiger charge is 2.40. The maximum absolute atomic E-state index is 13.9.